The Labute approximate surface area is 122 Å². The lowest BCUT2D eigenvalue weighted by Crippen LogP contribution is -2.20. The van der Waals surface area contributed by atoms with Crippen molar-refractivity contribution in [2.24, 2.45) is 0 Å². The summed E-state index contributed by atoms with van der Waals surface area (Å²) in [5.41, 5.74) is 4.63. The van der Waals surface area contributed by atoms with Crippen LogP contribution >= 0.6 is 0 Å². The summed E-state index contributed by atoms with van der Waals surface area (Å²) in [7, 11) is 0. The minimum absolute atomic E-state index is 0.112. The first kappa shape index (κ1) is 13.3. The molecule has 3 rings (SSSR count). The number of benzene rings is 2. The Balaban J connectivity index is 1.79. The largest absolute Gasteiger partial charge is 0.324 e. The quantitative estimate of drug-likeness (QED) is 0.802. The van der Waals surface area contributed by atoms with Gasteiger partial charge in [0.25, 0.3) is 0 Å². The van der Waals surface area contributed by atoms with Crippen LogP contribution in [0.15, 0.2) is 42.5 Å². The molecule has 1 amide bonds. The van der Waals surface area contributed by atoms with E-state index >= 15 is 0 Å². The second kappa shape index (κ2) is 5.36. The Morgan fingerprint density at radius 1 is 1.19 bits per heavy atom. The molecule has 0 aliphatic heterocycles. The summed E-state index contributed by atoms with van der Waals surface area (Å²) in [6, 6.07) is 13.6. The van der Waals surface area contributed by atoms with Gasteiger partial charge in [0.05, 0.1) is 5.52 Å². The molecule has 0 unspecified atom stereocenters. The second-order valence-electron chi connectivity index (χ2n) is 5.10. The standard InChI is InChI=1S/C16H16N4O/c1-11-7-8-12(2)14(9-11)17-16(21)10-20-15-6-4-3-5-13(15)18-19-20/h3-9H,10H2,1-2H3,(H,17,21). The number of hydrogen-bond acceptors (Lipinski definition) is 3. The number of nitrogens with zero attached hydrogens (tertiary/aromatic N) is 3. The Morgan fingerprint density at radius 2 is 2.00 bits per heavy atom. The molecule has 0 aliphatic rings. The first-order chi connectivity index (χ1) is 10.1. The molecule has 5 heteroatoms. The maximum absolute atomic E-state index is 12.2. The molecule has 0 spiro atoms. The summed E-state index contributed by atoms with van der Waals surface area (Å²) in [4.78, 5) is 12.2. The molecule has 106 valence electrons. The number of aromatic nitrogens is 3. The summed E-state index contributed by atoms with van der Waals surface area (Å²) in [6.07, 6.45) is 0. The molecule has 5 nitrogen and oxygen atoms in total. The SMILES string of the molecule is Cc1ccc(C)c(NC(=O)Cn2nnc3ccccc32)c1. The van der Waals surface area contributed by atoms with Crippen LogP contribution in [0.25, 0.3) is 11.0 Å². The molecule has 0 fully saturated rings. The third-order valence-corrected chi connectivity index (χ3v) is 3.38. The molecule has 3 aromatic rings. The van der Waals surface area contributed by atoms with E-state index in [0.29, 0.717) is 0 Å². The molecule has 0 radical (unpaired) electrons. The van der Waals surface area contributed by atoms with Crippen molar-refractivity contribution in [2.45, 2.75) is 20.4 Å². The first-order valence-electron chi connectivity index (χ1n) is 6.79. The normalized spacial score (nSPS) is 10.8. The fraction of sp³-hybridized carbons (Fsp3) is 0.188. The zero-order valence-corrected chi connectivity index (χ0v) is 12.0. The number of aryl methyl sites for hydroxylation is 2. The van der Waals surface area contributed by atoms with Crippen LogP contribution in [0.1, 0.15) is 11.1 Å². The van der Waals surface area contributed by atoms with Crippen LogP contribution in [-0.2, 0) is 11.3 Å². The molecule has 0 aliphatic carbocycles. The van der Waals surface area contributed by atoms with Gasteiger partial charge in [-0.15, -0.1) is 5.10 Å². The average Bonchev–Trinajstić information content (AvgIpc) is 2.86. The molecule has 1 aromatic heterocycles. The predicted molar refractivity (Wildman–Crippen MR) is 82.1 cm³/mol. The predicted octanol–water partition coefficient (Wildman–Crippen LogP) is 2.69. The van der Waals surface area contributed by atoms with E-state index in [9.17, 15) is 4.79 Å². The van der Waals surface area contributed by atoms with Gasteiger partial charge in [-0.25, -0.2) is 4.68 Å². The van der Waals surface area contributed by atoms with E-state index in [1.54, 1.807) is 4.68 Å². The van der Waals surface area contributed by atoms with E-state index in [2.05, 4.69) is 15.6 Å². The molecule has 1 heterocycles. The Hall–Kier alpha value is -2.69. The first-order valence-corrected chi connectivity index (χ1v) is 6.79. The van der Waals surface area contributed by atoms with Crippen molar-refractivity contribution in [1.29, 1.82) is 0 Å². The van der Waals surface area contributed by atoms with Crippen molar-refractivity contribution in [2.75, 3.05) is 5.32 Å². The van der Waals surface area contributed by atoms with Gasteiger partial charge in [0.15, 0.2) is 0 Å². The number of rotatable bonds is 3. The van der Waals surface area contributed by atoms with Crippen molar-refractivity contribution in [3.05, 3.63) is 53.6 Å². The van der Waals surface area contributed by atoms with E-state index in [0.717, 1.165) is 27.8 Å². The number of amides is 1. The Bertz CT molecular complexity index is 807. The van der Waals surface area contributed by atoms with E-state index in [1.807, 2.05) is 56.3 Å². The lowest BCUT2D eigenvalue weighted by molar-refractivity contribution is -0.116. The summed E-state index contributed by atoms with van der Waals surface area (Å²) in [6.45, 7) is 4.12. The highest BCUT2D eigenvalue weighted by Gasteiger charge is 2.09. The van der Waals surface area contributed by atoms with Gasteiger partial charge < -0.3 is 5.32 Å². The van der Waals surface area contributed by atoms with Crippen molar-refractivity contribution < 1.29 is 4.79 Å². The van der Waals surface area contributed by atoms with Crippen LogP contribution < -0.4 is 5.32 Å². The van der Waals surface area contributed by atoms with Gasteiger partial charge in [0, 0.05) is 5.69 Å². The minimum Gasteiger partial charge on any atom is -0.324 e. The van der Waals surface area contributed by atoms with Crippen molar-refractivity contribution in [3.8, 4) is 0 Å². The smallest absolute Gasteiger partial charge is 0.246 e. The number of carbonyl (C=O) groups is 1. The molecule has 0 saturated carbocycles. The summed E-state index contributed by atoms with van der Waals surface area (Å²) in [5.74, 6) is -0.112. The van der Waals surface area contributed by atoms with E-state index in [4.69, 9.17) is 0 Å². The summed E-state index contributed by atoms with van der Waals surface area (Å²) >= 11 is 0. The molecule has 21 heavy (non-hydrogen) atoms. The van der Waals surface area contributed by atoms with Gasteiger partial charge in [-0.2, -0.15) is 0 Å². The number of fused-ring (bicyclic) bond motifs is 1. The van der Waals surface area contributed by atoms with Gasteiger partial charge in [-0.3, -0.25) is 4.79 Å². The lowest BCUT2D eigenvalue weighted by Gasteiger charge is -2.09. The van der Waals surface area contributed by atoms with Gasteiger partial charge in [-0.1, -0.05) is 29.5 Å². The zero-order chi connectivity index (χ0) is 14.8. The number of para-hydroxylation sites is 1. The summed E-state index contributed by atoms with van der Waals surface area (Å²) in [5, 5.41) is 11.0. The topological polar surface area (TPSA) is 59.8 Å². The van der Waals surface area contributed by atoms with Crippen molar-refractivity contribution >= 4 is 22.6 Å². The molecular weight excluding hydrogens is 264 g/mol. The van der Waals surface area contributed by atoms with E-state index in [-0.39, 0.29) is 12.5 Å². The minimum atomic E-state index is -0.112. The maximum Gasteiger partial charge on any atom is 0.246 e. The molecule has 0 saturated heterocycles. The lowest BCUT2D eigenvalue weighted by atomic mass is 10.1. The van der Waals surface area contributed by atoms with Gasteiger partial charge >= 0.3 is 0 Å². The van der Waals surface area contributed by atoms with Crippen LogP contribution in [0.3, 0.4) is 0 Å². The summed E-state index contributed by atoms with van der Waals surface area (Å²) < 4.78 is 1.61. The third-order valence-electron chi connectivity index (χ3n) is 3.38. The Morgan fingerprint density at radius 3 is 2.86 bits per heavy atom. The highest BCUT2D eigenvalue weighted by Crippen LogP contribution is 2.16. The Kier molecular flexibility index (Phi) is 3.39. The van der Waals surface area contributed by atoms with Crippen LogP contribution in [-0.4, -0.2) is 20.9 Å². The van der Waals surface area contributed by atoms with Gasteiger partial charge in [-0.05, 0) is 43.2 Å². The van der Waals surface area contributed by atoms with Gasteiger partial charge in [0.2, 0.25) is 5.91 Å². The van der Waals surface area contributed by atoms with E-state index in [1.165, 1.54) is 0 Å². The fourth-order valence-electron chi connectivity index (χ4n) is 2.23. The van der Waals surface area contributed by atoms with Crippen LogP contribution in [0.4, 0.5) is 5.69 Å². The van der Waals surface area contributed by atoms with Crippen LogP contribution in [0, 0.1) is 13.8 Å². The van der Waals surface area contributed by atoms with Crippen LogP contribution in [0.2, 0.25) is 0 Å². The zero-order valence-electron chi connectivity index (χ0n) is 12.0. The number of carbonyl (C=O) groups excluding carboxylic acids is 1. The third kappa shape index (κ3) is 2.76. The molecular formula is C16H16N4O. The van der Waals surface area contributed by atoms with Gasteiger partial charge in [0.1, 0.15) is 12.1 Å². The average molecular weight is 280 g/mol. The second-order valence-corrected chi connectivity index (χ2v) is 5.10. The van der Waals surface area contributed by atoms with Crippen molar-refractivity contribution in [3.63, 3.8) is 0 Å². The maximum atomic E-state index is 12.2. The molecule has 2 aromatic carbocycles. The highest BCUT2D eigenvalue weighted by molar-refractivity contribution is 5.92. The highest BCUT2D eigenvalue weighted by atomic mass is 16.2. The number of hydrogen-bond donors (Lipinski definition) is 1. The number of nitrogens with one attached hydrogen (secondary N) is 1. The fourth-order valence-corrected chi connectivity index (χ4v) is 2.23. The molecule has 0 atom stereocenters. The number of anilines is 1. The van der Waals surface area contributed by atoms with E-state index < -0.39 is 0 Å². The monoisotopic (exact) mass is 280 g/mol. The molecule has 1 N–H and O–H groups in total. The molecule has 0 bridgehead atoms. The van der Waals surface area contributed by atoms with Crippen molar-refractivity contribution in [1.82, 2.24) is 15.0 Å². The van der Waals surface area contributed by atoms with Crippen LogP contribution in [0.5, 0.6) is 0 Å².